The molecule has 0 radical (unpaired) electrons. The number of primary amides is 1. The minimum absolute atomic E-state index is 0.220. The molecule has 0 heterocycles. The van der Waals surface area contributed by atoms with Crippen molar-refractivity contribution in [2.45, 2.75) is 26.4 Å². The number of carbonyl (C=O) groups excluding carboxylic acids is 1. The van der Waals surface area contributed by atoms with E-state index in [-0.39, 0.29) is 11.9 Å². The van der Waals surface area contributed by atoms with Gasteiger partial charge in [0.15, 0.2) is 0 Å². The fraction of sp³-hybridized carbons (Fsp3) is 0.235. The maximum atomic E-state index is 11.4. The van der Waals surface area contributed by atoms with Gasteiger partial charge in [-0.1, -0.05) is 42.5 Å². The van der Waals surface area contributed by atoms with Crippen LogP contribution in [0, 0.1) is 6.92 Å². The molecule has 0 aliphatic carbocycles. The average Bonchev–Trinajstić information content (AvgIpc) is 2.45. The van der Waals surface area contributed by atoms with Crippen LogP contribution in [0.5, 0.6) is 0 Å². The summed E-state index contributed by atoms with van der Waals surface area (Å²) in [6.07, 6.45) is 0. The van der Waals surface area contributed by atoms with E-state index >= 15 is 0 Å². The zero-order valence-corrected chi connectivity index (χ0v) is 11.9. The minimum atomic E-state index is -0.383. The van der Waals surface area contributed by atoms with Crippen molar-refractivity contribution in [1.29, 1.82) is 0 Å². The number of aryl methyl sites for hydroxylation is 1. The number of hydrogen-bond acceptors (Lipinski definition) is 2. The smallest absolute Gasteiger partial charge is 0.249 e. The van der Waals surface area contributed by atoms with Gasteiger partial charge in [-0.2, -0.15) is 0 Å². The number of amides is 1. The van der Waals surface area contributed by atoms with E-state index in [1.165, 1.54) is 11.1 Å². The van der Waals surface area contributed by atoms with Crippen molar-refractivity contribution in [3.8, 4) is 0 Å². The van der Waals surface area contributed by atoms with Crippen LogP contribution >= 0.6 is 0 Å². The summed E-state index contributed by atoms with van der Waals surface area (Å²) in [6, 6.07) is 16.0. The predicted molar refractivity (Wildman–Crippen MR) is 81.4 cm³/mol. The Labute approximate surface area is 119 Å². The Morgan fingerprint density at radius 1 is 1.15 bits per heavy atom. The van der Waals surface area contributed by atoms with E-state index in [2.05, 4.69) is 31.3 Å². The molecule has 0 saturated heterocycles. The number of benzene rings is 2. The molecule has 2 rings (SSSR count). The molecule has 0 fully saturated rings. The zero-order valence-electron chi connectivity index (χ0n) is 11.9. The van der Waals surface area contributed by atoms with Gasteiger partial charge >= 0.3 is 0 Å². The Balaban J connectivity index is 2.10. The van der Waals surface area contributed by atoms with Gasteiger partial charge in [0.2, 0.25) is 5.91 Å². The van der Waals surface area contributed by atoms with Gasteiger partial charge in [-0.25, -0.2) is 0 Å². The van der Waals surface area contributed by atoms with Crippen LogP contribution in [0.15, 0.2) is 48.5 Å². The summed E-state index contributed by atoms with van der Waals surface area (Å²) in [5.41, 5.74) is 9.43. The summed E-state index contributed by atoms with van der Waals surface area (Å²) in [7, 11) is 0. The van der Waals surface area contributed by atoms with Crippen LogP contribution in [0.2, 0.25) is 0 Å². The second kappa shape index (κ2) is 6.35. The van der Waals surface area contributed by atoms with Crippen LogP contribution in [0.4, 0.5) is 0 Å². The third kappa shape index (κ3) is 3.25. The third-order valence-corrected chi connectivity index (χ3v) is 3.54. The number of rotatable bonds is 5. The molecule has 1 atom stereocenters. The van der Waals surface area contributed by atoms with Crippen molar-refractivity contribution in [1.82, 2.24) is 5.32 Å². The Hall–Kier alpha value is -2.13. The molecule has 3 heteroatoms. The Bertz CT molecular complexity index is 607. The molecule has 0 bridgehead atoms. The first-order chi connectivity index (χ1) is 9.59. The van der Waals surface area contributed by atoms with Gasteiger partial charge in [0, 0.05) is 18.2 Å². The lowest BCUT2D eigenvalue weighted by atomic mass is 10.0. The second-order valence-electron chi connectivity index (χ2n) is 4.98. The molecular weight excluding hydrogens is 248 g/mol. The highest BCUT2D eigenvalue weighted by atomic mass is 16.1. The van der Waals surface area contributed by atoms with Crippen LogP contribution in [0.3, 0.4) is 0 Å². The summed E-state index contributed by atoms with van der Waals surface area (Å²) >= 11 is 0. The molecule has 3 N–H and O–H groups in total. The van der Waals surface area contributed by atoms with E-state index < -0.39 is 0 Å². The average molecular weight is 268 g/mol. The first-order valence-corrected chi connectivity index (χ1v) is 6.76. The standard InChI is InChI=1S/C17H20N2O/c1-12-7-3-5-9-15(12)13(2)19-11-14-8-4-6-10-16(14)17(18)20/h3-10,13,19H,11H2,1-2H3,(H2,18,20). The summed E-state index contributed by atoms with van der Waals surface area (Å²) < 4.78 is 0. The van der Waals surface area contributed by atoms with Gasteiger partial charge in [-0.3, -0.25) is 4.79 Å². The largest absolute Gasteiger partial charge is 0.366 e. The van der Waals surface area contributed by atoms with Crippen molar-refractivity contribution >= 4 is 5.91 Å². The Morgan fingerprint density at radius 3 is 2.50 bits per heavy atom. The van der Waals surface area contributed by atoms with Crippen LogP contribution in [-0.2, 0) is 6.54 Å². The lowest BCUT2D eigenvalue weighted by Crippen LogP contribution is -2.22. The molecule has 0 saturated carbocycles. The van der Waals surface area contributed by atoms with E-state index in [9.17, 15) is 4.79 Å². The minimum Gasteiger partial charge on any atom is -0.366 e. The molecule has 0 aromatic heterocycles. The summed E-state index contributed by atoms with van der Waals surface area (Å²) in [6.45, 7) is 4.84. The molecule has 3 nitrogen and oxygen atoms in total. The fourth-order valence-electron chi connectivity index (χ4n) is 2.36. The molecule has 20 heavy (non-hydrogen) atoms. The number of nitrogens with one attached hydrogen (secondary N) is 1. The molecule has 104 valence electrons. The van der Waals surface area contributed by atoms with Crippen LogP contribution in [0.1, 0.15) is 40.0 Å². The van der Waals surface area contributed by atoms with Crippen molar-refractivity contribution in [3.63, 3.8) is 0 Å². The van der Waals surface area contributed by atoms with Gasteiger partial charge in [0.05, 0.1) is 0 Å². The van der Waals surface area contributed by atoms with E-state index in [1.807, 2.05) is 30.3 Å². The van der Waals surface area contributed by atoms with Crippen molar-refractivity contribution < 1.29 is 4.79 Å². The Morgan fingerprint density at radius 2 is 1.80 bits per heavy atom. The summed E-state index contributed by atoms with van der Waals surface area (Å²) in [5, 5.41) is 3.44. The maximum Gasteiger partial charge on any atom is 0.249 e. The van der Waals surface area contributed by atoms with E-state index in [1.54, 1.807) is 6.07 Å². The Kier molecular flexibility index (Phi) is 4.53. The van der Waals surface area contributed by atoms with E-state index in [4.69, 9.17) is 5.73 Å². The third-order valence-electron chi connectivity index (χ3n) is 3.54. The summed E-state index contributed by atoms with van der Waals surface area (Å²) in [5.74, 6) is -0.383. The lowest BCUT2D eigenvalue weighted by Gasteiger charge is -2.17. The molecule has 2 aromatic rings. The van der Waals surface area contributed by atoms with Crippen LogP contribution in [-0.4, -0.2) is 5.91 Å². The van der Waals surface area contributed by atoms with Gasteiger partial charge < -0.3 is 11.1 Å². The quantitative estimate of drug-likeness (QED) is 0.876. The molecule has 2 aromatic carbocycles. The van der Waals surface area contributed by atoms with Gasteiger partial charge in [-0.05, 0) is 36.6 Å². The van der Waals surface area contributed by atoms with E-state index in [0.717, 1.165) is 5.56 Å². The SMILES string of the molecule is Cc1ccccc1C(C)NCc1ccccc1C(N)=O. The number of carbonyl (C=O) groups is 1. The zero-order chi connectivity index (χ0) is 14.5. The molecule has 0 spiro atoms. The van der Waals surface area contributed by atoms with Crippen molar-refractivity contribution in [3.05, 3.63) is 70.8 Å². The van der Waals surface area contributed by atoms with Crippen molar-refractivity contribution in [2.24, 2.45) is 5.73 Å². The van der Waals surface area contributed by atoms with Gasteiger partial charge in [0.25, 0.3) is 0 Å². The van der Waals surface area contributed by atoms with Crippen LogP contribution in [0.25, 0.3) is 0 Å². The lowest BCUT2D eigenvalue weighted by molar-refractivity contribution is 0.0999. The number of nitrogens with two attached hydrogens (primary N) is 1. The van der Waals surface area contributed by atoms with Crippen LogP contribution < -0.4 is 11.1 Å². The molecule has 0 aliphatic heterocycles. The fourth-order valence-corrected chi connectivity index (χ4v) is 2.36. The molecule has 1 unspecified atom stereocenters. The first-order valence-electron chi connectivity index (χ1n) is 6.76. The highest BCUT2D eigenvalue weighted by Gasteiger charge is 2.10. The number of hydrogen-bond donors (Lipinski definition) is 2. The molecule has 1 amide bonds. The normalized spacial score (nSPS) is 12.1. The second-order valence-corrected chi connectivity index (χ2v) is 4.98. The monoisotopic (exact) mass is 268 g/mol. The first kappa shape index (κ1) is 14.3. The van der Waals surface area contributed by atoms with Gasteiger partial charge in [-0.15, -0.1) is 0 Å². The predicted octanol–water partition coefficient (Wildman–Crippen LogP) is 2.94. The topological polar surface area (TPSA) is 55.1 Å². The maximum absolute atomic E-state index is 11.4. The molecule has 0 aliphatic rings. The highest BCUT2D eigenvalue weighted by molar-refractivity contribution is 5.94. The van der Waals surface area contributed by atoms with Crippen molar-refractivity contribution in [2.75, 3.05) is 0 Å². The highest BCUT2D eigenvalue weighted by Crippen LogP contribution is 2.18. The van der Waals surface area contributed by atoms with Gasteiger partial charge in [0.1, 0.15) is 0 Å². The van der Waals surface area contributed by atoms with E-state index in [0.29, 0.717) is 12.1 Å². The summed E-state index contributed by atoms with van der Waals surface area (Å²) in [4.78, 5) is 11.4. The molecular formula is C17H20N2O.